The van der Waals surface area contributed by atoms with Crippen LogP contribution in [-0.2, 0) is 10.2 Å². The molecule has 1 atom stereocenters. The average Bonchev–Trinajstić information content (AvgIpc) is 3.29. The van der Waals surface area contributed by atoms with Crippen molar-refractivity contribution in [1.82, 2.24) is 5.32 Å². The highest BCUT2D eigenvalue weighted by Gasteiger charge is 2.36. The van der Waals surface area contributed by atoms with Gasteiger partial charge in [-0.1, -0.05) is 89.4 Å². The molecule has 3 aromatic rings. The Labute approximate surface area is 192 Å². The normalized spacial score (nSPS) is 16.0. The summed E-state index contributed by atoms with van der Waals surface area (Å²) in [7, 11) is 0. The van der Waals surface area contributed by atoms with Crippen LogP contribution in [0.3, 0.4) is 0 Å². The summed E-state index contributed by atoms with van der Waals surface area (Å²) >= 11 is 3.50. The van der Waals surface area contributed by atoms with E-state index in [1.807, 2.05) is 48.5 Å². The third-order valence-electron chi connectivity index (χ3n) is 6.53. The van der Waals surface area contributed by atoms with Crippen molar-refractivity contribution in [2.75, 3.05) is 6.54 Å². The van der Waals surface area contributed by atoms with Crippen molar-refractivity contribution in [2.24, 2.45) is 0 Å². The van der Waals surface area contributed by atoms with E-state index in [0.717, 1.165) is 28.4 Å². The van der Waals surface area contributed by atoms with Gasteiger partial charge in [0.1, 0.15) is 5.75 Å². The van der Waals surface area contributed by atoms with E-state index in [9.17, 15) is 9.90 Å². The fraction of sp³-hybridized carbons (Fsp3) is 0.296. The lowest BCUT2D eigenvalue weighted by atomic mass is 9.78. The highest BCUT2D eigenvalue weighted by molar-refractivity contribution is 9.10. The fourth-order valence-electron chi connectivity index (χ4n) is 4.83. The first-order valence-electron chi connectivity index (χ1n) is 10.9. The van der Waals surface area contributed by atoms with Crippen LogP contribution in [0.25, 0.3) is 0 Å². The molecule has 0 unspecified atom stereocenters. The van der Waals surface area contributed by atoms with Crippen molar-refractivity contribution >= 4 is 21.8 Å². The Morgan fingerprint density at radius 1 is 0.968 bits per heavy atom. The number of phenolic OH excluding ortho intramolecular Hbond substituents is 1. The topological polar surface area (TPSA) is 49.3 Å². The largest absolute Gasteiger partial charge is 0.508 e. The maximum absolute atomic E-state index is 13.1. The first-order valence-corrected chi connectivity index (χ1v) is 11.7. The molecule has 0 aliphatic heterocycles. The van der Waals surface area contributed by atoms with Gasteiger partial charge in [-0.15, -0.1) is 0 Å². The van der Waals surface area contributed by atoms with Crippen molar-refractivity contribution in [3.63, 3.8) is 0 Å². The molecule has 0 aromatic heterocycles. The van der Waals surface area contributed by atoms with Gasteiger partial charge in [0.05, 0.1) is 0 Å². The van der Waals surface area contributed by atoms with Crippen LogP contribution in [0.2, 0.25) is 0 Å². The maximum atomic E-state index is 13.1. The Kier molecular flexibility index (Phi) is 6.77. The average molecular weight is 478 g/mol. The van der Waals surface area contributed by atoms with Gasteiger partial charge in [0, 0.05) is 34.3 Å². The maximum Gasteiger partial charge on any atom is 0.220 e. The van der Waals surface area contributed by atoms with E-state index in [1.54, 1.807) is 6.07 Å². The summed E-state index contributed by atoms with van der Waals surface area (Å²) in [5.41, 5.74) is 3.12. The number of nitrogens with one attached hydrogen (secondary N) is 1. The Balaban J connectivity index is 1.53. The standard InChI is InChI=1S/C27H28BrNO2/c28-22-13-14-25(30)24(17-22)23(20-9-3-1-4-10-20)18-26(31)29-19-27(15-7-8-16-27)21-11-5-2-6-12-21/h1-6,9-14,17,23,30H,7-8,15-16,18-19H2,(H,29,31)/t23-/m1/s1. The molecule has 2 N–H and O–H groups in total. The molecule has 0 bridgehead atoms. The predicted molar refractivity (Wildman–Crippen MR) is 128 cm³/mol. The number of amides is 1. The lowest BCUT2D eigenvalue weighted by Crippen LogP contribution is -2.39. The van der Waals surface area contributed by atoms with Gasteiger partial charge in [-0.25, -0.2) is 0 Å². The Hall–Kier alpha value is -2.59. The molecule has 3 aromatic carbocycles. The molecule has 1 aliphatic rings. The summed E-state index contributed by atoms with van der Waals surface area (Å²) in [6.07, 6.45) is 4.89. The molecule has 1 amide bonds. The predicted octanol–water partition coefficient (Wildman–Crippen LogP) is 6.30. The van der Waals surface area contributed by atoms with Crippen LogP contribution < -0.4 is 5.32 Å². The van der Waals surface area contributed by atoms with E-state index < -0.39 is 0 Å². The zero-order valence-corrected chi connectivity index (χ0v) is 19.1. The number of rotatable bonds is 7. The zero-order valence-electron chi connectivity index (χ0n) is 17.6. The molecule has 0 saturated heterocycles. The lowest BCUT2D eigenvalue weighted by Gasteiger charge is -2.30. The molecule has 0 heterocycles. The molecule has 3 nitrogen and oxygen atoms in total. The molecule has 160 valence electrons. The molecule has 31 heavy (non-hydrogen) atoms. The third kappa shape index (κ3) is 5.01. The van der Waals surface area contributed by atoms with Gasteiger partial charge < -0.3 is 10.4 Å². The minimum absolute atomic E-state index is 0.00966. The number of phenols is 1. The molecular formula is C27H28BrNO2. The summed E-state index contributed by atoms with van der Waals surface area (Å²) in [6, 6.07) is 25.9. The second-order valence-corrected chi connectivity index (χ2v) is 9.42. The van der Waals surface area contributed by atoms with Crippen LogP contribution in [0, 0.1) is 0 Å². The molecule has 0 radical (unpaired) electrons. The minimum Gasteiger partial charge on any atom is -0.508 e. The number of benzene rings is 3. The fourth-order valence-corrected chi connectivity index (χ4v) is 5.21. The van der Waals surface area contributed by atoms with Gasteiger partial charge in [0.2, 0.25) is 5.91 Å². The van der Waals surface area contributed by atoms with E-state index >= 15 is 0 Å². The quantitative estimate of drug-likeness (QED) is 0.419. The van der Waals surface area contributed by atoms with Crippen LogP contribution in [0.4, 0.5) is 0 Å². The van der Waals surface area contributed by atoms with Gasteiger partial charge in [0.15, 0.2) is 0 Å². The van der Waals surface area contributed by atoms with E-state index in [1.165, 1.54) is 18.4 Å². The van der Waals surface area contributed by atoms with Gasteiger partial charge in [-0.3, -0.25) is 4.79 Å². The number of carbonyl (C=O) groups excluding carboxylic acids is 1. The van der Waals surface area contributed by atoms with Crippen LogP contribution >= 0.6 is 15.9 Å². The van der Waals surface area contributed by atoms with E-state index in [-0.39, 0.29) is 23.0 Å². The minimum atomic E-state index is -0.213. The Bertz CT molecular complexity index is 1010. The highest BCUT2D eigenvalue weighted by atomic mass is 79.9. The van der Waals surface area contributed by atoms with Crippen molar-refractivity contribution in [1.29, 1.82) is 0 Å². The molecule has 1 aliphatic carbocycles. The van der Waals surface area contributed by atoms with Crippen LogP contribution in [0.15, 0.2) is 83.3 Å². The number of halogens is 1. The molecule has 0 spiro atoms. The van der Waals surface area contributed by atoms with Gasteiger partial charge in [-0.05, 0) is 42.2 Å². The molecular weight excluding hydrogens is 450 g/mol. The van der Waals surface area contributed by atoms with E-state index in [4.69, 9.17) is 0 Å². The molecule has 1 saturated carbocycles. The zero-order chi connectivity index (χ0) is 21.7. The highest BCUT2D eigenvalue weighted by Crippen LogP contribution is 2.41. The summed E-state index contributed by atoms with van der Waals surface area (Å²) in [6.45, 7) is 0.655. The third-order valence-corrected chi connectivity index (χ3v) is 7.02. The number of hydrogen-bond donors (Lipinski definition) is 2. The first-order chi connectivity index (χ1) is 15.1. The second kappa shape index (κ2) is 9.69. The summed E-state index contributed by atoms with van der Waals surface area (Å²) in [5, 5.41) is 13.8. The number of carbonyl (C=O) groups is 1. The Morgan fingerprint density at radius 2 is 1.61 bits per heavy atom. The van der Waals surface area contributed by atoms with Crippen molar-refractivity contribution in [2.45, 2.75) is 43.4 Å². The van der Waals surface area contributed by atoms with Gasteiger partial charge in [0.25, 0.3) is 0 Å². The van der Waals surface area contributed by atoms with Gasteiger partial charge in [-0.2, -0.15) is 0 Å². The second-order valence-electron chi connectivity index (χ2n) is 8.50. The summed E-state index contributed by atoms with van der Waals surface area (Å²) < 4.78 is 0.885. The lowest BCUT2D eigenvalue weighted by molar-refractivity contribution is -0.121. The van der Waals surface area contributed by atoms with Crippen molar-refractivity contribution in [3.05, 3.63) is 100 Å². The molecule has 4 heteroatoms. The van der Waals surface area contributed by atoms with Crippen LogP contribution in [-0.4, -0.2) is 17.6 Å². The summed E-state index contributed by atoms with van der Waals surface area (Å²) in [5.74, 6) is 0.00629. The van der Waals surface area contributed by atoms with Crippen LogP contribution in [0.1, 0.15) is 54.7 Å². The Morgan fingerprint density at radius 3 is 2.29 bits per heavy atom. The monoisotopic (exact) mass is 477 g/mol. The van der Waals surface area contributed by atoms with E-state index in [0.29, 0.717) is 13.0 Å². The molecule has 1 fully saturated rings. The number of hydrogen-bond acceptors (Lipinski definition) is 2. The first kappa shape index (κ1) is 21.6. The molecule has 4 rings (SSSR count). The van der Waals surface area contributed by atoms with Gasteiger partial charge >= 0.3 is 0 Å². The van der Waals surface area contributed by atoms with Crippen molar-refractivity contribution in [3.8, 4) is 5.75 Å². The van der Waals surface area contributed by atoms with E-state index in [2.05, 4.69) is 45.5 Å². The SMILES string of the molecule is O=C(C[C@H](c1ccccc1)c1cc(Br)ccc1O)NCC1(c2ccccc2)CCCC1. The van der Waals surface area contributed by atoms with Crippen LogP contribution in [0.5, 0.6) is 5.75 Å². The van der Waals surface area contributed by atoms with Crippen molar-refractivity contribution < 1.29 is 9.90 Å². The summed E-state index contributed by atoms with van der Waals surface area (Å²) in [4.78, 5) is 13.1. The smallest absolute Gasteiger partial charge is 0.220 e. The number of aromatic hydroxyl groups is 1.